The van der Waals surface area contributed by atoms with Crippen molar-refractivity contribution < 1.29 is 0 Å². The Kier molecular flexibility index (Phi) is 3.22. The number of aromatic nitrogens is 2. The minimum atomic E-state index is -0.200. The molecule has 0 fully saturated rings. The van der Waals surface area contributed by atoms with Crippen LogP contribution in [0.25, 0.3) is 0 Å². The first-order chi connectivity index (χ1) is 6.16. The molecule has 0 saturated heterocycles. The zero-order chi connectivity index (χ0) is 9.84. The first-order valence-electron chi connectivity index (χ1n) is 3.29. The molecule has 0 bridgehead atoms. The predicted molar refractivity (Wildman–Crippen MR) is 53.5 cm³/mol. The van der Waals surface area contributed by atoms with Gasteiger partial charge in [0.1, 0.15) is 22.9 Å². The lowest BCUT2D eigenvalue weighted by atomic mass is 10.3. The summed E-state index contributed by atoms with van der Waals surface area (Å²) in [5, 5.41) is 9.90. The maximum absolute atomic E-state index is 7.19. The van der Waals surface area contributed by atoms with Gasteiger partial charge in [-0.25, -0.2) is 9.97 Å². The number of rotatable bonds is 3. The van der Waals surface area contributed by atoms with Crippen molar-refractivity contribution in [2.45, 2.75) is 0 Å². The van der Waals surface area contributed by atoms with E-state index in [4.69, 9.17) is 28.6 Å². The molecular weight excluding hydrogens is 211 g/mol. The van der Waals surface area contributed by atoms with E-state index in [1.54, 1.807) is 0 Å². The van der Waals surface area contributed by atoms with Crippen LogP contribution in [-0.2, 0) is 0 Å². The molecule has 68 valence electrons. The Bertz CT molecular complexity index is 350. The van der Waals surface area contributed by atoms with Gasteiger partial charge in [0.25, 0.3) is 0 Å². The van der Waals surface area contributed by atoms with E-state index in [0.717, 1.165) is 0 Å². The van der Waals surface area contributed by atoms with Gasteiger partial charge in [0.05, 0.1) is 0 Å². The fourth-order valence-electron chi connectivity index (χ4n) is 0.760. The van der Waals surface area contributed by atoms with E-state index in [2.05, 4.69) is 21.9 Å². The fourth-order valence-corrected chi connectivity index (χ4v) is 1.09. The standard InChI is InChI=1S/C7H6Cl2N4/c1-2-11-5-4(6(8)10)12-3-13-7(5)9/h2-3,10-11H,1H2. The van der Waals surface area contributed by atoms with Gasteiger partial charge in [-0.05, 0) is 6.20 Å². The van der Waals surface area contributed by atoms with Crippen molar-refractivity contribution in [3.8, 4) is 0 Å². The molecule has 0 atom stereocenters. The predicted octanol–water partition coefficient (Wildman–Crippen LogP) is 2.25. The second-order valence-corrected chi connectivity index (χ2v) is 2.79. The van der Waals surface area contributed by atoms with E-state index >= 15 is 0 Å². The molecule has 0 aliphatic carbocycles. The van der Waals surface area contributed by atoms with Crippen molar-refractivity contribution >= 4 is 34.1 Å². The van der Waals surface area contributed by atoms with E-state index in [-0.39, 0.29) is 16.0 Å². The Morgan fingerprint density at radius 3 is 2.85 bits per heavy atom. The van der Waals surface area contributed by atoms with Crippen LogP contribution in [0.4, 0.5) is 5.69 Å². The number of hydrogen-bond donors (Lipinski definition) is 2. The number of anilines is 1. The maximum atomic E-state index is 7.19. The molecule has 1 rings (SSSR count). The molecule has 1 aromatic heterocycles. The minimum absolute atomic E-state index is 0.200. The van der Waals surface area contributed by atoms with Crippen molar-refractivity contribution in [2.24, 2.45) is 0 Å². The van der Waals surface area contributed by atoms with Gasteiger partial charge in [-0.2, -0.15) is 0 Å². The normalized spacial score (nSPS) is 9.38. The average molecular weight is 217 g/mol. The highest BCUT2D eigenvalue weighted by atomic mass is 35.5. The van der Waals surface area contributed by atoms with Gasteiger partial charge < -0.3 is 5.32 Å². The molecule has 4 nitrogen and oxygen atoms in total. The molecule has 0 amide bonds. The van der Waals surface area contributed by atoms with Gasteiger partial charge in [-0.15, -0.1) is 0 Å². The molecule has 1 aromatic rings. The van der Waals surface area contributed by atoms with Crippen LogP contribution in [0.1, 0.15) is 5.69 Å². The van der Waals surface area contributed by atoms with Crippen LogP contribution in [0, 0.1) is 5.41 Å². The quantitative estimate of drug-likeness (QED) is 0.602. The lowest BCUT2D eigenvalue weighted by Gasteiger charge is -2.06. The van der Waals surface area contributed by atoms with Gasteiger partial charge in [-0.1, -0.05) is 29.8 Å². The Morgan fingerprint density at radius 2 is 2.31 bits per heavy atom. The monoisotopic (exact) mass is 216 g/mol. The zero-order valence-electron chi connectivity index (χ0n) is 6.51. The Labute approximate surface area is 85.1 Å². The van der Waals surface area contributed by atoms with Crippen molar-refractivity contribution in [3.05, 3.63) is 30.0 Å². The van der Waals surface area contributed by atoms with Gasteiger partial charge in [-0.3, -0.25) is 5.41 Å². The Balaban J connectivity index is 3.24. The van der Waals surface area contributed by atoms with Crippen LogP contribution in [0.3, 0.4) is 0 Å². The SMILES string of the molecule is C=CNc1c(Cl)ncnc1C(=N)Cl. The highest BCUT2D eigenvalue weighted by molar-refractivity contribution is 6.69. The third kappa shape index (κ3) is 2.17. The van der Waals surface area contributed by atoms with E-state index in [0.29, 0.717) is 5.69 Å². The molecule has 0 aliphatic heterocycles. The fraction of sp³-hybridized carbons (Fsp3) is 0. The summed E-state index contributed by atoms with van der Waals surface area (Å²) in [5.41, 5.74) is 0.640. The molecular formula is C7H6Cl2N4. The molecule has 0 spiro atoms. The van der Waals surface area contributed by atoms with Crippen molar-refractivity contribution in [1.82, 2.24) is 9.97 Å². The maximum Gasteiger partial charge on any atom is 0.156 e. The Hall–Kier alpha value is -1.13. The molecule has 0 unspecified atom stereocenters. The third-order valence-electron chi connectivity index (χ3n) is 1.26. The summed E-state index contributed by atoms with van der Waals surface area (Å²) in [5.74, 6) is 0. The number of hydrogen-bond acceptors (Lipinski definition) is 4. The second-order valence-electron chi connectivity index (χ2n) is 2.05. The summed E-state index contributed by atoms with van der Waals surface area (Å²) < 4.78 is 0. The average Bonchev–Trinajstić information content (AvgIpc) is 2.08. The summed E-state index contributed by atoms with van der Waals surface area (Å²) in [6.07, 6.45) is 2.65. The molecule has 0 aliphatic rings. The van der Waals surface area contributed by atoms with Crippen molar-refractivity contribution in [1.29, 1.82) is 5.41 Å². The molecule has 0 radical (unpaired) electrons. The highest BCUT2D eigenvalue weighted by Crippen LogP contribution is 2.22. The molecule has 13 heavy (non-hydrogen) atoms. The number of halogens is 2. The molecule has 2 N–H and O–H groups in total. The smallest absolute Gasteiger partial charge is 0.156 e. The van der Waals surface area contributed by atoms with Crippen molar-refractivity contribution in [3.63, 3.8) is 0 Å². The van der Waals surface area contributed by atoms with Crippen LogP contribution in [0.2, 0.25) is 5.15 Å². The zero-order valence-corrected chi connectivity index (χ0v) is 8.02. The topological polar surface area (TPSA) is 61.7 Å². The van der Waals surface area contributed by atoms with Gasteiger partial charge in [0, 0.05) is 0 Å². The first kappa shape index (κ1) is 9.95. The van der Waals surface area contributed by atoms with E-state index < -0.39 is 0 Å². The van der Waals surface area contributed by atoms with Crippen LogP contribution in [0.5, 0.6) is 0 Å². The van der Waals surface area contributed by atoms with Crippen LogP contribution < -0.4 is 5.32 Å². The summed E-state index contributed by atoms with van der Waals surface area (Å²) in [7, 11) is 0. The summed E-state index contributed by atoms with van der Waals surface area (Å²) in [6.45, 7) is 3.46. The third-order valence-corrected chi connectivity index (χ3v) is 1.72. The van der Waals surface area contributed by atoms with Gasteiger partial charge >= 0.3 is 0 Å². The highest BCUT2D eigenvalue weighted by Gasteiger charge is 2.10. The second kappa shape index (κ2) is 4.20. The van der Waals surface area contributed by atoms with Crippen LogP contribution in [0.15, 0.2) is 19.1 Å². The minimum Gasteiger partial charge on any atom is -0.358 e. The number of nitrogens with zero attached hydrogens (tertiary/aromatic N) is 2. The van der Waals surface area contributed by atoms with Gasteiger partial charge in [0.15, 0.2) is 5.15 Å². The molecule has 1 heterocycles. The summed E-state index contributed by atoms with van der Waals surface area (Å²) in [4.78, 5) is 7.52. The van der Waals surface area contributed by atoms with Crippen LogP contribution >= 0.6 is 23.2 Å². The molecule has 0 aromatic carbocycles. The molecule has 6 heteroatoms. The summed E-state index contributed by atoms with van der Waals surface area (Å²) in [6, 6.07) is 0. The van der Waals surface area contributed by atoms with Crippen molar-refractivity contribution in [2.75, 3.05) is 5.32 Å². The first-order valence-corrected chi connectivity index (χ1v) is 4.04. The largest absolute Gasteiger partial charge is 0.358 e. The molecule has 0 saturated carbocycles. The number of nitrogens with one attached hydrogen (secondary N) is 2. The van der Waals surface area contributed by atoms with E-state index in [9.17, 15) is 0 Å². The Morgan fingerprint density at radius 1 is 1.62 bits per heavy atom. The van der Waals surface area contributed by atoms with E-state index in [1.807, 2.05) is 0 Å². The lowest BCUT2D eigenvalue weighted by Crippen LogP contribution is -2.02. The summed E-state index contributed by atoms with van der Waals surface area (Å²) >= 11 is 11.2. The van der Waals surface area contributed by atoms with Gasteiger partial charge in [0.2, 0.25) is 0 Å². The lowest BCUT2D eigenvalue weighted by molar-refractivity contribution is 1.15. The van der Waals surface area contributed by atoms with Crippen LogP contribution in [-0.4, -0.2) is 15.1 Å². The van der Waals surface area contributed by atoms with E-state index in [1.165, 1.54) is 12.5 Å².